The Morgan fingerprint density at radius 2 is 2.10 bits per heavy atom. The summed E-state index contributed by atoms with van der Waals surface area (Å²) < 4.78 is 5.19. The Hall–Kier alpha value is -2.14. The molecule has 0 spiro atoms. The van der Waals surface area contributed by atoms with Crippen molar-refractivity contribution >= 4 is 11.6 Å². The molecule has 0 bridgehead atoms. The van der Waals surface area contributed by atoms with Crippen molar-refractivity contribution in [2.24, 2.45) is 5.73 Å². The molecule has 0 aliphatic heterocycles. The lowest BCUT2D eigenvalue weighted by Gasteiger charge is -2.11. The Kier molecular flexibility index (Phi) is 5.11. The summed E-state index contributed by atoms with van der Waals surface area (Å²) in [5, 5.41) is 2.83. The first-order chi connectivity index (χ1) is 10.1. The first-order valence-corrected chi connectivity index (χ1v) is 7.19. The van der Waals surface area contributed by atoms with Crippen molar-refractivity contribution in [2.45, 2.75) is 39.2 Å². The van der Waals surface area contributed by atoms with Gasteiger partial charge in [0.1, 0.15) is 12.0 Å². The Bertz CT molecular complexity index is 590. The minimum absolute atomic E-state index is 0.145. The smallest absolute Gasteiger partial charge is 0.241 e. The third kappa shape index (κ3) is 4.16. The largest absolute Gasteiger partial charge is 0.449 e. The number of aromatic nitrogens is 1. The molecule has 1 aromatic carbocycles. The van der Waals surface area contributed by atoms with Gasteiger partial charge in [0.25, 0.3) is 0 Å². The topological polar surface area (TPSA) is 81.2 Å². The zero-order valence-electron chi connectivity index (χ0n) is 12.4. The molecule has 0 aliphatic rings. The summed E-state index contributed by atoms with van der Waals surface area (Å²) in [6.45, 7) is 3.88. The zero-order chi connectivity index (χ0) is 15.2. The second kappa shape index (κ2) is 7.04. The summed E-state index contributed by atoms with van der Waals surface area (Å²) in [4.78, 5) is 16.2. The molecule has 0 aliphatic carbocycles. The summed E-state index contributed by atoms with van der Waals surface area (Å²) in [7, 11) is 0. The number of nitrogens with two attached hydrogens (primary N) is 1. The number of amides is 1. The lowest BCUT2D eigenvalue weighted by Crippen LogP contribution is -2.35. The summed E-state index contributed by atoms with van der Waals surface area (Å²) in [5.74, 6) is 0.484. The normalized spacial score (nSPS) is 12.1. The van der Waals surface area contributed by atoms with E-state index in [1.54, 1.807) is 13.2 Å². The third-order valence-electron chi connectivity index (χ3n) is 3.27. The molecular formula is C16H21N3O2. The highest BCUT2D eigenvalue weighted by atomic mass is 16.3. The van der Waals surface area contributed by atoms with Gasteiger partial charge in [0, 0.05) is 18.2 Å². The summed E-state index contributed by atoms with van der Waals surface area (Å²) in [6, 6.07) is 7.01. The van der Waals surface area contributed by atoms with Gasteiger partial charge in [-0.05, 0) is 18.6 Å². The van der Waals surface area contributed by atoms with Gasteiger partial charge in [-0.25, -0.2) is 4.98 Å². The van der Waals surface area contributed by atoms with Crippen molar-refractivity contribution in [3.8, 4) is 11.3 Å². The maximum absolute atomic E-state index is 11.9. The lowest BCUT2D eigenvalue weighted by molar-refractivity contribution is -0.117. The van der Waals surface area contributed by atoms with E-state index in [1.807, 2.05) is 24.3 Å². The van der Waals surface area contributed by atoms with E-state index in [0.717, 1.165) is 29.8 Å². The lowest BCUT2D eigenvalue weighted by atomic mass is 10.1. The third-order valence-corrected chi connectivity index (χ3v) is 3.27. The highest BCUT2D eigenvalue weighted by molar-refractivity contribution is 5.94. The zero-order valence-corrected chi connectivity index (χ0v) is 12.4. The minimum Gasteiger partial charge on any atom is -0.449 e. The fraction of sp³-hybridized carbons (Fsp3) is 0.375. The minimum atomic E-state index is -0.456. The molecular weight excluding hydrogens is 266 g/mol. The highest BCUT2D eigenvalue weighted by Gasteiger charge is 2.13. The molecule has 1 aromatic heterocycles. The number of aryl methyl sites for hydroxylation is 1. The van der Waals surface area contributed by atoms with Crippen LogP contribution in [0.3, 0.4) is 0 Å². The first-order valence-electron chi connectivity index (χ1n) is 7.19. The Morgan fingerprint density at radius 1 is 1.38 bits per heavy atom. The predicted molar refractivity (Wildman–Crippen MR) is 82.8 cm³/mol. The van der Waals surface area contributed by atoms with E-state index in [1.165, 1.54) is 0 Å². The molecule has 2 rings (SSSR count). The molecule has 5 heteroatoms. The maximum atomic E-state index is 11.9. The molecule has 112 valence electrons. The number of anilines is 1. The fourth-order valence-corrected chi connectivity index (χ4v) is 2.01. The van der Waals surface area contributed by atoms with Crippen LogP contribution in [-0.4, -0.2) is 16.9 Å². The standard InChI is InChI=1S/C16H21N3O2/c1-3-4-5-14(17)16(20)19-13-8-6-12(7-9-13)15-10-21-11(2)18-15/h6-10,14H,3-5,17H2,1-2H3,(H,19,20)/t14-/m0/s1. The van der Waals surface area contributed by atoms with E-state index in [2.05, 4.69) is 17.2 Å². The van der Waals surface area contributed by atoms with Crippen LogP contribution in [0.25, 0.3) is 11.3 Å². The number of nitrogens with zero attached hydrogens (tertiary/aromatic N) is 1. The highest BCUT2D eigenvalue weighted by Crippen LogP contribution is 2.20. The number of carbonyl (C=O) groups is 1. The van der Waals surface area contributed by atoms with Gasteiger partial charge in [0.15, 0.2) is 5.89 Å². The summed E-state index contributed by atoms with van der Waals surface area (Å²) in [6.07, 6.45) is 4.31. The Balaban J connectivity index is 1.97. The molecule has 3 N–H and O–H groups in total. The molecule has 0 radical (unpaired) electrons. The van der Waals surface area contributed by atoms with Gasteiger partial charge in [0.05, 0.1) is 6.04 Å². The maximum Gasteiger partial charge on any atom is 0.241 e. The van der Waals surface area contributed by atoms with E-state index in [4.69, 9.17) is 10.2 Å². The van der Waals surface area contributed by atoms with Crippen LogP contribution in [0.1, 0.15) is 32.1 Å². The van der Waals surface area contributed by atoms with Crippen LogP contribution in [0.5, 0.6) is 0 Å². The molecule has 0 saturated carbocycles. The van der Waals surface area contributed by atoms with E-state index >= 15 is 0 Å². The number of unbranched alkanes of at least 4 members (excludes halogenated alkanes) is 1. The fourth-order valence-electron chi connectivity index (χ4n) is 2.01. The number of hydrogen-bond donors (Lipinski definition) is 2. The van der Waals surface area contributed by atoms with Crippen LogP contribution in [0.15, 0.2) is 34.9 Å². The van der Waals surface area contributed by atoms with Gasteiger partial charge in [0.2, 0.25) is 5.91 Å². The predicted octanol–water partition coefficient (Wildman–Crippen LogP) is 3.11. The number of benzene rings is 1. The molecule has 0 fully saturated rings. The number of carbonyl (C=O) groups excluding carboxylic acids is 1. The number of rotatable bonds is 6. The van der Waals surface area contributed by atoms with Gasteiger partial charge in [-0.1, -0.05) is 31.9 Å². The van der Waals surface area contributed by atoms with Crippen LogP contribution in [0.4, 0.5) is 5.69 Å². The average Bonchev–Trinajstić information content (AvgIpc) is 2.92. The molecule has 0 unspecified atom stereocenters. The van der Waals surface area contributed by atoms with Gasteiger partial charge in [-0.15, -0.1) is 0 Å². The molecule has 21 heavy (non-hydrogen) atoms. The van der Waals surface area contributed by atoms with Crippen molar-refractivity contribution in [1.29, 1.82) is 0 Å². The summed E-state index contributed by atoms with van der Waals surface area (Å²) >= 11 is 0. The second-order valence-electron chi connectivity index (χ2n) is 5.07. The van der Waals surface area contributed by atoms with E-state index in [9.17, 15) is 4.79 Å². The van der Waals surface area contributed by atoms with Gasteiger partial charge in [-0.3, -0.25) is 4.79 Å². The van der Waals surface area contributed by atoms with Crippen LogP contribution in [0.2, 0.25) is 0 Å². The van der Waals surface area contributed by atoms with Gasteiger partial charge < -0.3 is 15.5 Å². The number of hydrogen-bond acceptors (Lipinski definition) is 4. The molecule has 0 saturated heterocycles. The van der Waals surface area contributed by atoms with E-state index < -0.39 is 6.04 Å². The quantitative estimate of drug-likeness (QED) is 0.855. The van der Waals surface area contributed by atoms with Gasteiger partial charge in [-0.2, -0.15) is 0 Å². The van der Waals surface area contributed by atoms with Gasteiger partial charge >= 0.3 is 0 Å². The van der Waals surface area contributed by atoms with Crippen LogP contribution in [0, 0.1) is 6.92 Å². The number of nitrogens with one attached hydrogen (secondary N) is 1. The van der Waals surface area contributed by atoms with Crippen molar-refractivity contribution < 1.29 is 9.21 Å². The molecule has 1 heterocycles. The van der Waals surface area contributed by atoms with E-state index in [-0.39, 0.29) is 5.91 Å². The van der Waals surface area contributed by atoms with Crippen LogP contribution in [-0.2, 0) is 4.79 Å². The van der Waals surface area contributed by atoms with Crippen LogP contribution < -0.4 is 11.1 Å². The van der Waals surface area contributed by atoms with E-state index in [0.29, 0.717) is 12.3 Å². The second-order valence-corrected chi connectivity index (χ2v) is 5.07. The Labute approximate surface area is 124 Å². The monoisotopic (exact) mass is 287 g/mol. The molecule has 1 amide bonds. The molecule has 1 atom stereocenters. The first kappa shape index (κ1) is 15.3. The van der Waals surface area contributed by atoms with Crippen molar-refractivity contribution in [2.75, 3.05) is 5.32 Å². The van der Waals surface area contributed by atoms with Crippen molar-refractivity contribution in [3.05, 3.63) is 36.4 Å². The van der Waals surface area contributed by atoms with Crippen molar-refractivity contribution in [3.63, 3.8) is 0 Å². The SMILES string of the molecule is CCCC[C@H](N)C(=O)Nc1ccc(-c2coc(C)n2)cc1. The Morgan fingerprint density at radius 3 is 2.67 bits per heavy atom. The summed E-state index contributed by atoms with van der Waals surface area (Å²) in [5.41, 5.74) is 8.30. The molecule has 2 aromatic rings. The van der Waals surface area contributed by atoms with Crippen LogP contribution >= 0.6 is 0 Å². The average molecular weight is 287 g/mol. The van der Waals surface area contributed by atoms with Crippen molar-refractivity contribution in [1.82, 2.24) is 4.98 Å². The molecule has 5 nitrogen and oxygen atoms in total. The number of oxazole rings is 1.